The molecule has 0 aromatic heterocycles. The maximum atomic E-state index is 13.8. The molecule has 0 radical (unpaired) electrons. The Morgan fingerprint density at radius 3 is 2.29 bits per heavy atom. The van der Waals surface area contributed by atoms with Crippen molar-refractivity contribution >= 4 is 23.2 Å². The second-order valence-electron chi connectivity index (χ2n) is 10.4. The number of likely N-dealkylation sites (tertiary alicyclic amines) is 1. The van der Waals surface area contributed by atoms with E-state index in [9.17, 15) is 9.59 Å². The number of amides is 2. The van der Waals surface area contributed by atoms with Gasteiger partial charge in [-0.25, -0.2) is 0 Å². The molecule has 2 aromatic carbocycles. The van der Waals surface area contributed by atoms with Gasteiger partial charge in [-0.05, 0) is 79.3 Å². The highest BCUT2D eigenvalue weighted by atomic mass is 16.5. The molecule has 2 amide bonds. The Morgan fingerprint density at radius 2 is 1.65 bits per heavy atom. The molecular weight excluding hydrogens is 426 g/mol. The molecule has 0 spiro atoms. The maximum absolute atomic E-state index is 13.8. The van der Waals surface area contributed by atoms with Crippen LogP contribution in [0.4, 0.5) is 11.4 Å². The van der Waals surface area contributed by atoms with Crippen LogP contribution in [-0.4, -0.2) is 55.1 Å². The van der Waals surface area contributed by atoms with Crippen LogP contribution < -0.4 is 10.2 Å². The third-order valence-corrected chi connectivity index (χ3v) is 8.57. The minimum Gasteiger partial charge on any atom is -0.378 e. The van der Waals surface area contributed by atoms with Gasteiger partial charge in [-0.1, -0.05) is 24.3 Å². The van der Waals surface area contributed by atoms with E-state index < -0.39 is 5.54 Å². The van der Waals surface area contributed by atoms with E-state index in [1.807, 2.05) is 17.0 Å². The van der Waals surface area contributed by atoms with Crippen molar-refractivity contribution in [2.24, 2.45) is 11.8 Å². The van der Waals surface area contributed by atoms with Crippen LogP contribution in [0, 0.1) is 11.8 Å². The van der Waals surface area contributed by atoms with Crippen LogP contribution in [0.3, 0.4) is 0 Å². The molecule has 2 aromatic rings. The number of hydrogen-bond donors (Lipinski definition) is 1. The maximum Gasteiger partial charge on any atom is 0.250 e. The summed E-state index contributed by atoms with van der Waals surface area (Å²) >= 11 is 0. The molecule has 6 nitrogen and oxygen atoms in total. The molecule has 2 heterocycles. The first-order valence-corrected chi connectivity index (χ1v) is 12.7. The predicted octanol–water partition coefficient (Wildman–Crippen LogP) is 3.65. The number of hydrogen-bond acceptors (Lipinski definition) is 4. The third-order valence-electron chi connectivity index (χ3n) is 8.57. The number of rotatable bonds is 4. The minimum absolute atomic E-state index is 0.0167. The first-order chi connectivity index (χ1) is 16.6. The molecule has 0 bridgehead atoms. The lowest BCUT2D eigenvalue weighted by molar-refractivity contribution is -0.159. The molecule has 3 atom stereocenters. The second kappa shape index (κ2) is 8.73. The molecule has 3 fully saturated rings. The topological polar surface area (TPSA) is 61.9 Å². The van der Waals surface area contributed by atoms with Gasteiger partial charge in [0.25, 0.3) is 0 Å². The second-order valence-corrected chi connectivity index (χ2v) is 10.4. The number of nitrogens with one attached hydrogen (secondary N) is 1. The van der Waals surface area contributed by atoms with Gasteiger partial charge in [0.2, 0.25) is 11.8 Å². The Labute approximate surface area is 201 Å². The third kappa shape index (κ3) is 3.78. The Balaban J connectivity index is 1.21. The Kier molecular flexibility index (Phi) is 5.56. The monoisotopic (exact) mass is 459 g/mol. The minimum atomic E-state index is -0.730. The van der Waals surface area contributed by atoms with E-state index in [2.05, 4.69) is 46.6 Å². The molecule has 1 saturated carbocycles. The van der Waals surface area contributed by atoms with Gasteiger partial charge < -0.3 is 19.9 Å². The number of nitrogens with zero attached hydrogens (tertiary/aromatic N) is 2. The number of benzene rings is 2. The van der Waals surface area contributed by atoms with Crippen molar-refractivity contribution in [1.29, 1.82) is 0 Å². The lowest BCUT2D eigenvalue weighted by Gasteiger charge is -2.53. The number of morpholine rings is 1. The first-order valence-electron chi connectivity index (χ1n) is 12.7. The van der Waals surface area contributed by atoms with Gasteiger partial charge in [0.15, 0.2) is 0 Å². The Hall–Kier alpha value is -2.86. The SMILES string of the molecule is O=C1CCN1[C@]1(C(=O)Nc2ccc(N3CCOCC3)cc2)CC[C@@H]2Cc3ccccc3C[C@H]2C1. The largest absolute Gasteiger partial charge is 0.378 e. The highest BCUT2D eigenvalue weighted by Crippen LogP contribution is 2.47. The molecule has 1 N–H and O–H groups in total. The van der Waals surface area contributed by atoms with Crippen molar-refractivity contribution in [2.75, 3.05) is 43.1 Å². The van der Waals surface area contributed by atoms with Crippen LogP contribution in [0.25, 0.3) is 0 Å². The van der Waals surface area contributed by atoms with Gasteiger partial charge >= 0.3 is 0 Å². The fourth-order valence-electron chi connectivity index (χ4n) is 6.56. The summed E-state index contributed by atoms with van der Waals surface area (Å²) in [4.78, 5) is 30.6. The average molecular weight is 460 g/mol. The summed E-state index contributed by atoms with van der Waals surface area (Å²) in [5.41, 5.74) is 4.08. The van der Waals surface area contributed by atoms with Gasteiger partial charge in [0, 0.05) is 37.4 Å². The van der Waals surface area contributed by atoms with Crippen LogP contribution >= 0.6 is 0 Å². The molecule has 2 aliphatic heterocycles. The quantitative estimate of drug-likeness (QED) is 0.709. The predicted molar refractivity (Wildman–Crippen MR) is 132 cm³/mol. The fraction of sp³-hybridized carbons (Fsp3) is 0.500. The number of β-lactam (4-membered cyclic amide) rings is 1. The summed E-state index contributed by atoms with van der Waals surface area (Å²) in [6.45, 7) is 3.96. The highest BCUT2D eigenvalue weighted by molar-refractivity contribution is 6.01. The van der Waals surface area contributed by atoms with Crippen molar-refractivity contribution in [3.05, 3.63) is 59.7 Å². The van der Waals surface area contributed by atoms with Gasteiger partial charge in [-0.3, -0.25) is 9.59 Å². The zero-order valence-corrected chi connectivity index (χ0v) is 19.7. The van der Waals surface area contributed by atoms with Gasteiger partial charge in [-0.2, -0.15) is 0 Å². The summed E-state index contributed by atoms with van der Waals surface area (Å²) in [5.74, 6) is 1.14. The lowest BCUT2D eigenvalue weighted by atomic mass is 9.62. The van der Waals surface area contributed by atoms with Crippen molar-refractivity contribution in [3.63, 3.8) is 0 Å². The molecule has 178 valence electrons. The normalized spacial score (nSPS) is 28.5. The van der Waals surface area contributed by atoms with Crippen LogP contribution in [-0.2, 0) is 27.2 Å². The van der Waals surface area contributed by atoms with Crippen LogP contribution in [0.2, 0.25) is 0 Å². The number of carbonyl (C=O) groups excluding carboxylic acids is 2. The smallest absolute Gasteiger partial charge is 0.250 e. The van der Waals surface area contributed by atoms with Crippen LogP contribution in [0.15, 0.2) is 48.5 Å². The standard InChI is InChI=1S/C28H33N3O3/c32-26-10-12-31(26)28(11-9-22-17-20-3-1-2-4-21(20)18-23(22)19-28)27(33)29-24-5-7-25(8-6-24)30-13-15-34-16-14-30/h1-8,22-23H,9-19H2,(H,29,33)/t22-,23+,28-/m1/s1. The lowest BCUT2D eigenvalue weighted by Crippen LogP contribution is -2.66. The average Bonchev–Trinajstić information content (AvgIpc) is 2.87. The zero-order valence-electron chi connectivity index (χ0n) is 19.7. The van der Waals surface area contributed by atoms with Gasteiger partial charge in [0.1, 0.15) is 5.54 Å². The van der Waals surface area contributed by atoms with Crippen LogP contribution in [0.5, 0.6) is 0 Å². The van der Waals surface area contributed by atoms with Gasteiger partial charge in [-0.15, -0.1) is 0 Å². The molecular formula is C28H33N3O3. The van der Waals surface area contributed by atoms with Crippen molar-refractivity contribution < 1.29 is 14.3 Å². The fourth-order valence-corrected chi connectivity index (χ4v) is 6.56. The zero-order chi connectivity index (χ0) is 23.1. The Bertz CT molecular complexity index is 1080. The molecule has 2 saturated heterocycles. The summed E-state index contributed by atoms with van der Waals surface area (Å²) < 4.78 is 5.45. The molecule has 0 unspecified atom stereocenters. The van der Waals surface area contributed by atoms with E-state index in [4.69, 9.17) is 4.74 Å². The molecule has 6 rings (SSSR count). The molecule has 6 heteroatoms. The van der Waals surface area contributed by atoms with E-state index in [0.717, 1.165) is 69.8 Å². The summed E-state index contributed by atoms with van der Waals surface area (Å²) in [7, 11) is 0. The van der Waals surface area contributed by atoms with E-state index >= 15 is 0 Å². The molecule has 34 heavy (non-hydrogen) atoms. The number of ether oxygens (including phenoxy) is 1. The van der Waals surface area contributed by atoms with Crippen molar-refractivity contribution in [3.8, 4) is 0 Å². The van der Waals surface area contributed by atoms with E-state index in [1.54, 1.807) is 0 Å². The number of fused-ring (bicyclic) bond motifs is 2. The van der Waals surface area contributed by atoms with Gasteiger partial charge in [0.05, 0.1) is 13.2 Å². The summed E-state index contributed by atoms with van der Waals surface area (Å²) in [6, 6.07) is 16.8. The van der Waals surface area contributed by atoms with Crippen molar-refractivity contribution in [2.45, 2.75) is 44.1 Å². The van der Waals surface area contributed by atoms with Crippen molar-refractivity contribution in [1.82, 2.24) is 4.90 Å². The Morgan fingerprint density at radius 1 is 0.941 bits per heavy atom. The van der Waals surface area contributed by atoms with E-state index in [1.165, 1.54) is 11.1 Å². The molecule has 2 aliphatic carbocycles. The highest BCUT2D eigenvalue weighted by Gasteiger charge is 2.54. The number of carbonyl (C=O) groups is 2. The van der Waals surface area contributed by atoms with E-state index in [-0.39, 0.29) is 11.8 Å². The number of anilines is 2. The van der Waals surface area contributed by atoms with E-state index in [0.29, 0.717) is 24.8 Å². The molecule has 4 aliphatic rings. The first kappa shape index (κ1) is 21.7. The summed E-state index contributed by atoms with van der Waals surface area (Å²) in [6.07, 6.45) is 5.16. The van der Waals surface area contributed by atoms with Crippen LogP contribution in [0.1, 0.15) is 36.8 Å². The summed E-state index contributed by atoms with van der Waals surface area (Å²) in [5, 5.41) is 3.19.